The first-order valence-electron chi connectivity index (χ1n) is 10.8. The highest BCUT2D eigenvalue weighted by molar-refractivity contribution is 7.21. The van der Waals surface area contributed by atoms with Crippen molar-refractivity contribution >= 4 is 33.3 Å². The molecule has 0 amide bonds. The van der Waals surface area contributed by atoms with Gasteiger partial charge in [-0.3, -0.25) is 4.98 Å². The molecule has 13 heteroatoms. The van der Waals surface area contributed by atoms with Gasteiger partial charge in [-0.05, 0) is 25.8 Å². The number of pyridine rings is 1. The summed E-state index contributed by atoms with van der Waals surface area (Å²) in [5, 5.41) is 35.9. The average molecular weight is 499 g/mol. The van der Waals surface area contributed by atoms with Crippen LogP contribution in [0.25, 0.3) is 20.8 Å². The van der Waals surface area contributed by atoms with E-state index >= 15 is 0 Å². The zero-order chi connectivity index (χ0) is 24.6. The van der Waals surface area contributed by atoms with Crippen molar-refractivity contribution in [3.63, 3.8) is 0 Å². The van der Waals surface area contributed by atoms with E-state index < -0.39 is 36.9 Å². The van der Waals surface area contributed by atoms with E-state index in [1.54, 1.807) is 13.1 Å². The van der Waals surface area contributed by atoms with Gasteiger partial charge in [0, 0.05) is 18.7 Å². The van der Waals surface area contributed by atoms with Gasteiger partial charge in [-0.25, -0.2) is 9.97 Å². The van der Waals surface area contributed by atoms with Crippen LogP contribution in [0.15, 0.2) is 12.3 Å². The lowest BCUT2D eigenvalue weighted by Crippen LogP contribution is -2.36. The number of hydrogen-bond donors (Lipinski definition) is 5. The van der Waals surface area contributed by atoms with Crippen molar-refractivity contribution in [2.24, 2.45) is 5.92 Å². The third-order valence-corrected chi connectivity index (χ3v) is 6.87. The molecule has 0 unspecified atom stereocenters. The summed E-state index contributed by atoms with van der Waals surface area (Å²) in [6.07, 6.45) is -4.18. The van der Waals surface area contributed by atoms with E-state index in [1.807, 2.05) is 13.0 Å². The van der Waals surface area contributed by atoms with Crippen molar-refractivity contribution < 1.29 is 28.5 Å². The SMILES string of the molecule is CCc1nccc2sc(-c3c(C)nc(NCC(F)(F)F)nc3N[C@@H]3C[C@H](CO)[C@@H](O)[C@H]3O)nc12. The largest absolute Gasteiger partial charge is 0.405 e. The Labute approximate surface area is 197 Å². The normalized spacial score (nSPS) is 22.9. The number of anilines is 2. The van der Waals surface area contributed by atoms with Crippen molar-refractivity contribution in [1.29, 1.82) is 0 Å². The number of alkyl halides is 3. The van der Waals surface area contributed by atoms with Crippen molar-refractivity contribution in [3.05, 3.63) is 23.7 Å². The second-order valence-electron chi connectivity index (χ2n) is 8.21. The molecule has 1 fully saturated rings. The maximum absolute atomic E-state index is 12.7. The van der Waals surface area contributed by atoms with Crippen LogP contribution in [-0.2, 0) is 6.42 Å². The topological polar surface area (TPSA) is 136 Å². The van der Waals surface area contributed by atoms with Crippen LogP contribution in [0.3, 0.4) is 0 Å². The van der Waals surface area contributed by atoms with Crippen molar-refractivity contribution in [1.82, 2.24) is 19.9 Å². The van der Waals surface area contributed by atoms with Gasteiger partial charge in [0.2, 0.25) is 5.95 Å². The number of fused-ring (bicyclic) bond motifs is 1. The van der Waals surface area contributed by atoms with Crippen LogP contribution < -0.4 is 10.6 Å². The second-order valence-corrected chi connectivity index (χ2v) is 9.24. The summed E-state index contributed by atoms with van der Waals surface area (Å²) in [6, 6.07) is 1.15. The number of aliphatic hydroxyl groups is 3. The number of halogens is 3. The van der Waals surface area contributed by atoms with Gasteiger partial charge in [-0.15, -0.1) is 11.3 Å². The summed E-state index contributed by atoms with van der Waals surface area (Å²) in [4.78, 5) is 17.5. The van der Waals surface area contributed by atoms with Gasteiger partial charge in [0.15, 0.2) is 0 Å². The number of nitrogens with zero attached hydrogens (tertiary/aromatic N) is 4. The molecule has 4 rings (SSSR count). The molecule has 3 aromatic heterocycles. The predicted octanol–water partition coefficient (Wildman–Crippen LogP) is 2.51. The van der Waals surface area contributed by atoms with Crippen LogP contribution in [-0.4, -0.2) is 72.8 Å². The Kier molecular flexibility index (Phi) is 6.90. The van der Waals surface area contributed by atoms with E-state index in [0.717, 1.165) is 15.9 Å². The highest BCUT2D eigenvalue weighted by Gasteiger charge is 2.41. The molecule has 0 saturated heterocycles. The van der Waals surface area contributed by atoms with E-state index in [9.17, 15) is 28.5 Å². The van der Waals surface area contributed by atoms with Crippen LogP contribution in [0, 0.1) is 12.8 Å². The number of aromatic nitrogens is 4. The smallest absolute Gasteiger partial charge is 0.396 e. The maximum atomic E-state index is 12.7. The van der Waals surface area contributed by atoms with Crippen molar-refractivity contribution in [2.45, 2.75) is 51.1 Å². The van der Waals surface area contributed by atoms with Gasteiger partial charge in [0.05, 0.1) is 33.8 Å². The fourth-order valence-corrected chi connectivity index (χ4v) is 5.17. The van der Waals surface area contributed by atoms with Crippen LogP contribution in [0.4, 0.5) is 24.9 Å². The Morgan fingerprint density at radius 2 is 1.94 bits per heavy atom. The molecule has 3 heterocycles. The first-order valence-corrected chi connectivity index (χ1v) is 11.6. The number of aryl methyl sites for hydroxylation is 2. The summed E-state index contributed by atoms with van der Waals surface area (Å²) in [6.45, 7) is 1.99. The molecule has 3 aromatic rings. The van der Waals surface area contributed by atoms with Gasteiger partial charge < -0.3 is 26.0 Å². The number of thiazole rings is 1. The molecule has 0 aliphatic heterocycles. The zero-order valence-corrected chi connectivity index (χ0v) is 19.3. The molecule has 5 N–H and O–H groups in total. The quantitative estimate of drug-likeness (QED) is 0.333. The number of hydrogen-bond acceptors (Lipinski definition) is 10. The van der Waals surface area contributed by atoms with Gasteiger partial charge in [-0.2, -0.15) is 18.2 Å². The standard InChI is InChI=1S/C21H25F3N6O3S/c1-3-11-15-13(4-5-25-11)34-19(29-15)14-9(2)27-20(26-8-21(22,23)24)30-18(14)28-12-6-10(7-31)16(32)17(12)33/h4-5,10,12,16-17,31-33H,3,6-8H2,1-2H3,(H2,26,27,28,30)/t10-,12-,16-,17+/m1/s1. The minimum absolute atomic E-state index is 0.178. The zero-order valence-electron chi connectivity index (χ0n) is 18.5. The Morgan fingerprint density at radius 3 is 2.59 bits per heavy atom. The van der Waals surface area contributed by atoms with Crippen LogP contribution in [0.1, 0.15) is 24.7 Å². The van der Waals surface area contributed by atoms with Gasteiger partial charge in [0.1, 0.15) is 29.0 Å². The van der Waals surface area contributed by atoms with Crippen molar-refractivity contribution in [2.75, 3.05) is 23.8 Å². The van der Waals surface area contributed by atoms with E-state index in [2.05, 4.69) is 25.6 Å². The molecule has 1 aliphatic rings. The van der Waals surface area contributed by atoms with Crippen LogP contribution in [0.2, 0.25) is 0 Å². The molecule has 34 heavy (non-hydrogen) atoms. The molecular weight excluding hydrogens is 473 g/mol. The molecule has 184 valence electrons. The molecule has 9 nitrogen and oxygen atoms in total. The molecule has 0 bridgehead atoms. The van der Waals surface area contributed by atoms with E-state index in [0.29, 0.717) is 22.7 Å². The number of rotatable bonds is 7. The third-order valence-electron chi connectivity index (χ3n) is 5.83. The molecule has 4 atom stereocenters. The maximum Gasteiger partial charge on any atom is 0.405 e. The molecule has 0 aromatic carbocycles. The number of aliphatic hydroxyl groups excluding tert-OH is 3. The molecule has 0 spiro atoms. The van der Waals surface area contributed by atoms with E-state index in [1.165, 1.54) is 11.3 Å². The minimum Gasteiger partial charge on any atom is -0.396 e. The molecule has 0 radical (unpaired) electrons. The van der Waals surface area contributed by atoms with Gasteiger partial charge in [-0.1, -0.05) is 6.92 Å². The summed E-state index contributed by atoms with van der Waals surface area (Å²) in [5.74, 6) is -0.593. The molecule has 1 aliphatic carbocycles. The molecule has 1 saturated carbocycles. The summed E-state index contributed by atoms with van der Waals surface area (Å²) in [7, 11) is 0. The fourth-order valence-electron chi connectivity index (χ4n) is 4.09. The Morgan fingerprint density at radius 1 is 1.18 bits per heavy atom. The minimum atomic E-state index is -4.46. The van der Waals surface area contributed by atoms with E-state index in [4.69, 9.17) is 4.98 Å². The lowest BCUT2D eigenvalue weighted by atomic mass is 10.1. The second kappa shape index (κ2) is 9.56. The van der Waals surface area contributed by atoms with Crippen LogP contribution in [0.5, 0.6) is 0 Å². The lowest BCUT2D eigenvalue weighted by Gasteiger charge is -2.21. The fraction of sp³-hybridized carbons (Fsp3) is 0.524. The Bertz CT molecular complexity index is 1170. The summed E-state index contributed by atoms with van der Waals surface area (Å²) >= 11 is 1.37. The highest BCUT2D eigenvalue weighted by atomic mass is 32.1. The highest BCUT2D eigenvalue weighted by Crippen LogP contribution is 2.38. The first kappa shape index (κ1) is 24.5. The first-order chi connectivity index (χ1) is 16.1. The average Bonchev–Trinajstić information content (AvgIpc) is 3.33. The Balaban J connectivity index is 1.77. The monoisotopic (exact) mass is 498 g/mol. The third kappa shape index (κ3) is 4.92. The van der Waals surface area contributed by atoms with Crippen LogP contribution >= 0.6 is 11.3 Å². The summed E-state index contributed by atoms with van der Waals surface area (Å²) < 4.78 is 39.1. The number of nitrogens with one attached hydrogen (secondary N) is 2. The van der Waals surface area contributed by atoms with E-state index in [-0.39, 0.29) is 24.8 Å². The lowest BCUT2D eigenvalue weighted by molar-refractivity contribution is -0.115. The predicted molar refractivity (Wildman–Crippen MR) is 122 cm³/mol. The van der Waals surface area contributed by atoms with Gasteiger partial charge in [0.25, 0.3) is 0 Å². The van der Waals surface area contributed by atoms with Crippen molar-refractivity contribution in [3.8, 4) is 10.6 Å². The summed E-state index contributed by atoms with van der Waals surface area (Å²) in [5.41, 5.74) is 2.41. The van der Waals surface area contributed by atoms with Gasteiger partial charge >= 0.3 is 6.18 Å². The molecular formula is C21H25F3N6O3S. The Hall–Kier alpha value is -2.61.